The van der Waals surface area contributed by atoms with E-state index in [1.165, 1.54) is 19.1 Å². The van der Waals surface area contributed by atoms with Crippen LogP contribution in [0.1, 0.15) is 50.4 Å². The van der Waals surface area contributed by atoms with E-state index in [9.17, 15) is 49.1 Å². The van der Waals surface area contributed by atoms with Gasteiger partial charge in [0.05, 0.1) is 21.8 Å². The third-order valence-corrected chi connectivity index (χ3v) is 8.95. The van der Waals surface area contributed by atoms with Crippen molar-refractivity contribution < 1.29 is 58.6 Å². The number of benzene rings is 3. The molecular formula is C28H22F6N2O7S. The average molecular weight is 645 g/mol. The highest BCUT2D eigenvalue weighted by molar-refractivity contribution is 7.91. The number of Topliss-reactive ketones (excluding diaryl/α,β-unsaturated/α-hetero) is 1. The van der Waals surface area contributed by atoms with Gasteiger partial charge in [0, 0.05) is 5.56 Å². The summed E-state index contributed by atoms with van der Waals surface area (Å²) in [4.78, 5) is 38.6. The van der Waals surface area contributed by atoms with E-state index < -0.39 is 96.2 Å². The summed E-state index contributed by atoms with van der Waals surface area (Å²) >= 11 is 0. The van der Waals surface area contributed by atoms with Gasteiger partial charge in [0.25, 0.3) is 0 Å². The van der Waals surface area contributed by atoms with E-state index in [4.69, 9.17) is 20.9 Å². The van der Waals surface area contributed by atoms with Crippen molar-refractivity contribution in [1.29, 1.82) is 0 Å². The third-order valence-electron chi connectivity index (χ3n) is 7.09. The lowest BCUT2D eigenvalue weighted by Crippen LogP contribution is -2.54. The number of ether oxygens (including phenoxy) is 2. The summed E-state index contributed by atoms with van der Waals surface area (Å²) in [5.41, 5.74) is 3.14. The first kappa shape index (κ1) is 32.3. The molecule has 0 aliphatic carbocycles. The molecule has 0 aromatic heterocycles. The molecule has 3 aromatic carbocycles. The van der Waals surface area contributed by atoms with Crippen molar-refractivity contribution in [2.45, 2.75) is 36.4 Å². The monoisotopic (exact) mass is 644 g/mol. The number of carbonyl (C=O) groups excluding carboxylic acids is 3. The van der Waals surface area contributed by atoms with E-state index in [0.29, 0.717) is 24.3 Å². The van der Waals surface area contributed by atoms with E-state index in [1.807, 2.05) is 0 Å². The molecule has 0 radical (unpaired) electrons. The first-order valence-electron chi connectivity index (χ1n) is 12.4. The van der Waals surface area contributed by atoms with Gasteiger partial charge in [-0.3, -0.25) is 4.79 Å². The molecule has 234 valence electrons. The normalized spacial score (nSPS) is 19.4. The second-order valence-electron chi connectivity index (χ2n) is 9.96. The molecule has 0 bridgehead atoms. The van der Waals surface area contributed by atoms with Gasteiger partial charge in [-0.15, -0.1) is 0 Å². The van der Waals surface area contributed by atoms with Gasteiger partial charge < -0.3 is 20.9 Å². The number of halogens is 6. The lowest BCUT2D eigenvalue weighted by Gasteiger charge is -2.45. The van der Waals surface area contributed by atoms with Crippen LogP contribution >= 0.6 is 0 Å². The minimum atomic E-state index is -4.99. The molecule has 0 saturated heterocycles. The van der Waals surface area contributed by atoms with E-state index in [1.54, 1.807) is 0 Å². The Bertz CT molecular complexity index is 1680. The number of aryl methyl sites for hydroxylation is 1. The van der Waals surface area contributed by atoms with E-state index in [0.717, 1.165) is 30.3 Å². The van der Waals surface area contributed by atoms with Crippen LogP contribution in [0.4, 0.5) is 35.9 Å². The van der Waals surface area contributed by atoms with Gasteiger partial charge in [0.15, 0.2) is 15.6 Å². The van der Waals surface area contributed by atoms with Crippen molar-refractivity contribution in [2.75, 3.05) is 5.75 Å². The lowest BCUT2D eigenvalue weighted by atomic mass is 9.67. The highest BCUT2D eigenvalue weighted by atomic mass is 32.2. The van der Waals surface area contributed by atoms with Gasteiger partial charge in [-0.1, -0.05) is 36.4 Å². The van der Waals surface area contributed by atoms with Crippen molar-refractivity contribution in [2.24, 2.45) is 16.9 Å². The molecule has 0 spiro atoms. The van der Waals surface area contributed by atoms with Crippen LogP contribution < -0.4 is 11.5 Å². The molecule has 3 aromatic rings. The Morgan fingerprint density at radius 3 is 1.64 bits per heavy atom. The number of sulfone groups is 1. The fraction of sp³-hybridized carbons (Fsp3) is 0.250. The van der Waals surface area contributed by atoms with Gasteiger partial charge in [-0.2, -0.15) is 26.3 Å². The average Bonchev–Trinajstić information content (AvgIpc) is 2.91. The molecule has 9 nitrogen and oxygen atoms in total. The summed E-state index contributed by atoms with van der Waals surface area (Å²) in [7, 11) is -4.69. The zero-order chi connectivity index (χ0) is 32.8. The van der Waals surface area contributed by atoms with Crippen LogP contribution in [0, 0.1) is 12.3 Å². The number of primary amides is 2. The molecule has 1 aliphatic rings. The highest BCUT2D eigenvalue weighted by Crippen LogP contribution is 2.56. The highest BCUT2D eigenvalue weighted by Gasteiger charge is 2.62. The number of nitrogens with two attached hydrogens (primary N) is 2. The van der Waals surface area contributed by atoms with E-state index in [-0.39, 0.29) is 5.56 Å². The lowest BCUT2D eigenvalue weighted by molar-refractivity contribution is -0.138. The Hall–Kier alpha value is -4.60. The summed E-state index contributed by atoms with van der Waals surface area (Å²) in [6, 6.07) is 9.45. The van der Waals surface area contributed by atoms with Crippen LogP contribution in [0.5, 0.6) is 0 Å². The van der Waals surface area contributed by atoms with E-state index >= 15 is 0 Å². The zero-order valence-corrected chi connectivity index (χ0v) is 23.2. The molecule has 2 unspecified atom stereocenters. The van der Waals surface area contributed by atoms with Gasteiger partial charge in [0.1, 0.15) is 17.6 Å². The minimum absolute atomic E-state index is 0.0314. The fourth-order valence-corrected chi connectivity index (χ4v) is 7.41. The van der Waals surface area contributed by atoms with Crippen molar-refractivity contribution in [1.82, 2.24) is 0 Å². The van der Waals surface area contributed by atoms with Crippen molar-refractivity contribution in [3.63, 3.8) is 0 Å². The molecule has 1 aliphatic heterocycles. The number of ketones is 1. The summed E-state index contributed by atoms with van der Waals surface area (Å²) < 4.78 is 120. The Morgan fingerprint density at radius 2 is 1.23 bits per heavy atom. The minimum Gasteiger partial charge on any atom is -0.440 e. The summed E-state index contributed by atoms with van der Waals surface area (Å²) in [6.45, 7) is 1.32. The molecule has 16 heteroatoms. The number of hydrogen-bond donors (Lipinski definition) is 2. The van der Waals surface area contributed by atoms with Crippen molar-refractivity contribution in [3.05, 3.63) is 100 Å². The first-order chi connectivity index (χ1) is 20.3. The predicted molar refractivity (Wildman–Crippen MR) is 140 cm³/mol. The first-order valence-corrected chi connectivity index (χ1v) is 14.1. The number of hydrogen-bond acceptors (Lipinski definition) is 7. The smallest absolute Gasteiger partial charge is 0.416 e. The molecule has 4 rings (SSSR count). The van der Waals surface area contributed by atoms with Gasteiger partial charge >= 0.3 is 24.5 Å². The maximum atomic E-state index is 14.6. The molecule has 0 fully saturated rings. The molecule has 1 heterocycles. The fourth-order valence-electron chi connectivity index (χ4n) is 5.34. The number of fused-ring (bicyclic) bond motifs is 1. The van der Waals surface area contributed by atoms with Crippen LogP contribution in [-0.2, 0) is 31.7 Å². The SMILES string of the molecule is Cc1cccc2c1C(=O)C(C(OC(N)=O)c1cccc(C(F)(F)F)c1)(C(OC(N)=O)c1cccc(C(F)(F)F)c1)CS2(=O)=O. The Balaban J connectivity index is 2.18. The van der Waals surface area contributed by atoms with Crippen LogP contribution in [0.15, 0.2) is 71.6 Å². The standard InChI is InChI=1S/C28H22F6N2O7S/c1-14-5-2-10-19-20(14)21(37)26(13-44(19,40)41,22(42-24(35)38)15-6-3-8-17(11-15)27(29,30)31)23(43-25(36)39)16-7-4-9-18(12-16)28(32,33)34/h2-12,22-23H,13H2,1H3,(H2,35,38)(H2,36,39). The number of rotatable bonds is 6. The van der Waals surface area contributed by atoms with Gasteiger partial charge in [-0.05, 0) is 53.9 Å². The van der Waals surface area contributed by atoms with Crippen LogP contribution in [-0.4, -0.2) is 32.1 Å². The maximum Gasteiger partial charge on any atom is 0.416 e. The maximum absolute atomic E-state index is 14.6. The molecule has 2 amide bonds. The second-order valence-corrected chi connectivity index (χ2v) is 11.9. The number of amides is 2. The van der Waals surface area contributed by atoms with Gasteiger partial charge in [-0.25, -0.2) is 18.0 Å². The molecular weight excluding hydrogens is 622 g/mol. The molecule has 4 N–H and O–H groups in total. The molecule has 44 heavy (non-hydrogen) atoms. The quantitative estimate of drug-likeness (QED) is 0.328. The predicted octanol–water partition coefficient (Wildman–Crippen LogP) is 5.66. The number of carbonyl (C=O) groups is 3. The van der Waals surface area contributed by atoms with Crippen LogP contribution in [0.25, 0.3) is 0 Å². The van der Waals surface area contributed by atoms with Crippen molar-refractivity contribution in [3.8, 4) is 0 Å². The van der Waals surface area contributed by atoms with E-state index in [2.05, 4.69) is 0 Å². The van der Waals surface area contributed by atoms with Gasteiger partial charge in [0.2, 0.25) is 0 Å². The summed E-state index contributed by atoms with van der Waals surface area (Å²) in [6.07, 6.45) is -18.1. The summed E-state index contributed by atoms with van der Waals surface area (Å²) in [5, 5.41) is 0. The largest absolute Gasteiger partial charge is 0.440 e. The Labute approximate surface area is 245 Å². The Morgan fingerprint density at radius 1 is 0.795 bits per heavy atom. The third kappa shape index (κ3) is 5.93. The second kappa shape index (κ2) is 11.2. The summed E-state index contributed by atoms with van der Waals surface area (Å²) in [5.74, 6) is -2.66. The van der Waals surface area contributed by atoms with Crippen LogP contribution in [0.3, 0.4) is 0 Å². The van der Waals surface area contributed by atoms with Crippen LogP contribution in [0.2, 0.25) is 0 Å². The van der Waals surface area contributed by atoms with Crippen molar-refractivity contribution >= 4 is 27.8 Å². The zero-order valence-electron chi connectivity index (χ0n) is 22.4. The molecule has 0 saturated carbocycles. The Kier molecular flexibility index (Phi) is 8.19. The topological polar surface area (TPSA) is 156 Å². The number of alkyl halides is 6. The molecule has 2 atom stereocenters.